The van der Waals surface area contributed by atoms with Crippen molar-refractivity contribution in [3.05, 3.63) is 65.5 Å². The first-order valence-electron chi connectivity index (χ1n) is 7.51. The highest BCUT2D eigenvalue weighted by molar-refractivity contribution is 5.50. The molecule has 0 radical (unpaired) electrons. The van der Waals surface area contributed by atoms with Crippen molar-refractivity contribution in [2.75, 3.05) is 24.5 Å². The van der Waals surface area contributed by atoms with Gasteiger partial charge in [-0.15, -0.1) is 0 Å². The number of piperazine rings is 1. The monoisotopic (exact) mass is 284 g/mol. The molecule has 0 saturated carbocycles. The molecule has 3 rings (SSSR count). The molecule has 0 aliphatic carbocycles. The lowest BCUT2D eigenvalue weighted by Crippen LogP contribution is -2.51. The maximum absolute atomic E-state index is 14.0. The zero-order chi connectivity index (χ0) is 14.7. The summed E-state index contributed by atoms with van der Waals surface area (Å²) in [6.45, 7) is 4.60. The zero-order valence-corrected chi connectivity index (χ0v) is 12.3. The van der Waals surface area contributed by atoms with E-state index in [4.69, 9.17) is 0 Å². The van der Waals surface area contributed by atoms with Gasteiger partial charge in [0.1, 0.15) is 5.82 Å². The third kappa shape index (κ3) is 3.42. The summed E-state index contributed by atoms with van der Waals surface area (Å²) in [5.41, 5.74) is 3.15. The van der Waals surface area contributed by atoms with Gasteiger partial charge in [-0.05, 0) is 36.6 Å². The fraction of sp³-hybridized carbons (Fsp3) is 0.333. The van der Waals surface area contributed by atoms with E-state index in [1.165, 1.54) is 5.56 Å². The number of hydrogen-bond acceptors (Lipinski definition) is 2. The molecule has 2 aromatic carbocycles. The molecule has 2 nitrogen and oxygen atoms in total. The standard InChI is InChI=1S/C18H21FN2/c1-14-7-8-17(19)18(11-14)21-10-9-20-16(13-21)12-15-5-3-2-4-6-15/h2-8,11,16,20H,9-10,12-13H2,1H3. The van der Waals surface area contributed by atoms with E-state index in [0.717, 1.165) is 37.3 Å². The van der Waals surface area contributed by atoms with Crippen LogP contribution < -0.4 is 10.2 Å². The van der Waals surface area contributed by atoms with E-state index in [2.05, 4.69) is 34.5 Å². The van der Waals surface area contributed by atoms with Crippen LogP contribution in [0, 0.1) is 12.7 Å². The molecule has 0 amide bonds. The normalized spacial score (nSPS) is 18.8. The highest BCUT2D eigenvalue weighted by atomic mass is 19.1. The Morgan fingerprint density at radius 2 is 2.00 bits per heavy atom. The molecule has 1 aliphatic heterocycles. The Hall–Kier alpha value is -1.87. The van der Waals surface area contributed by atoms with Crippen LogP contribution in [0.15, 0.2) is 48.5 Å². The first-order chi connectivity index (χ1) is 10.2. The van der Waals surface area contributed by atoms with Crippen molar-refractivity contribution in [1.29, 1.82) is 0 Å². The van der Waals surface area contributed by atoms with Crippen molar-refractivity contribution in [2.24, 2.45) is 0 Å². The average molecular weight is 284 g/mol. The van der Waals surface area contributed by atoms with Gasteiger partial charge in [0, 0.05) is 25.7 Å². The Bertz CT molecular complexity index is 597. The second-order valence-electron chi connectivity index (χ2n) is 5.74. The van der Waals surface area contributed by atoms with Gasteiger partial charge in [0.05, 0.1) is 5.69 Å². The van der Waals surface area contributed by atoms with Gasteiger partial charge >= 0.3 is 0 Å². The van der Waals surface area contributed by atoms with Gasteiger partial charge in [0.2, 0.25) is 0 Å². The van der Waals surface area contributed by atoms with Crippen LogP contribution in [0.1, 0.15) is 11.1 Å². The molecule has 3 heteroatoms. The van der Waals surface area contributed by atoms with Gasteiger partial charge < -0.3 is 10.2 Å². The Morgan fingerprint density at radius 1 is 1.19 bits per heavy atom. The molecule has 110 valence electrons. The van der Waals surface area contributed by atoms with Crippen LogP contribution in [-0.2, 0) is 6.42 Å². The molecule has 0 aromatic heterocycles. The molecule has 1 heterocycles. The number of halogens is 1. The number of hydrogen-bond donors (Lipinski definition) is 1. The van der Waals surface area contributed by atoms with Crippen LogP contribution >= 0.6 is 0 Å². The number of benzene rings is 2. The largest absolute Gasteiger partial charge is 0.366 e. The van der Waals surface area contributed by atoms with Crippen LogP contribution in [0.2, 0.25) is 0 Å². The Kier molecular flexibility index (Phi) is 4.20. The smallest absolute Gasteiger partial charge is 0.146 e. The summed E-state index contributed by atoms with van der Waals surface area (Å²) >= 11 is 0. The van der Waals surface area contributed by atoms with Crippen molar-refractivity contribution in [3.8, 4) is 0 Å². The maximum atomic E-state index is 14.0. The molecule has 1 unspecified atom stereocenters. The number of nitrogens with one attached hydrogen (secondary N) is 1. The van der Waals surface area contributed by atoms with E-state index in [1.54, 1.807) is 6.07 Å². The van der Waals surface area contributed by atoms with E-state index in [1.807, 2.05) is 25.1 Å². The first kappa shape index (κ1) is 14.1. The van der Waals surface area contributed by atoms with Crippen molar-refractivity contribution in [2.45, 2.75) is 19.4 Å². The predicted octanol–water partition coefficient (Wildman–Crippen LogP) is 3.16. The maximum Gasteiger partial charge on any atom is 0.146 e. The van der Waals surface area contributed by atoms with Crippen LogP contribution in [0.5, 0.6) is 0 Å². The van der Waals surface area contributed by atoms with E-state index in [9.17, 15) is 4.39 Å². The number of aryl methyl sites for hydroxylation is 1. The molecule has 1 aliphatic rings. The summed E-state index contributed by atoms with van der Waals surface area (Å²) in [4.78, 5) is 2.16. The average Bonchev–Trinajstić information content (AvgIpc) is 2.51. The lowest BCUT2D eigenvalue weighted by molar-refractivity contribution is 0.450. The molecule has 1 atom stereocenters. The summed E-state index contributed by atoms with van der Waals surface area (Å²) in [5, 5.41) is 3.54. The fourth-order valence-electron chi connectivity index (χ4n) is 2.94. The van der Waals surface area contributed by atoms with Crippen molar-refractivity contribution in [1.82, 2.24) is 5.32 Å². The first-order valence-corrected chi connectivity index (χ1v) is 7.51. The summed E-state index contributed by atoms with van der Waals surface area (Å²) in [6, 6.07) is 16.2. The number of anilines is 1. The van der Waals surface area contributed by atoms with Crippen molar-refractivity contribution >= 4 is 5.69 Å². The molecule has 1 saturated heterocycles. The minimum Gasteiger partial charge on any atom is -0.366 e. The highest BCUT2D eigenvalue weighted by Crippen LogP contribution is 2.22. The van der Waals surface area contributed by atoms with E-state index in [-0.39, 0.29) is 5.82 Å². The minimum atomic E-state index is -0.124. The van der Waals surface area contributed by atoms with Crippen molar-refractivity contribution < 1.29 is 4.39 Å². The van der Waals surface area contributed by atoms with Crippen LogP contribution in [0.3, 0.4) is 0 Å². The molecular weight excluding hydrogens is 263 g/mol. The van der Waals surface area contributed by atoms with Crippen LogP contribution in [0.25, 0.3) is 0 Å². The molecule has 1 fully saturated rings. The molecule has 0 bridgehead atoms. The van der Waals surface area contributed by atoms with Gasteiger partial charge in [-0.2, -0.15) is 0 Å². The highest BCUT2D eigenvalue weighted by Gasteiger charge is 2.21. The fourth-order valence-corrected chi connectivity index (χ4v) is 2.94. The summed E-state index contributed by atoms with van der Waals surface area (Å²) in [5.74, 6) is -0.124. The third-order valence-electron chi connectivity index (χ3n) is 4.02. The number of nitrogens with zero attached hydrogens (tertiary/aromatic N) is 1. The minimum absolute atomic E-state index is 0.124. The van der Waals surface area contributed by atoms with Crippen molar-refractivity contribution in [3.63, 3.8) is 0 Å². The Morgan fingerprint density at radius 3 is 2.81 bits per heavy atom. The molecular formula is C18H21FN2. The van der Waals surface area contributed by atoms with E-state index in [0.29, 0.717) is 6.04 Å². The van der Waals surface area contributed by atoms with Gasteiger partial charge in [-0.1, -0.05) is 36.4 Å². The predicted molar refractivity (Wildman–Crippen MR) is 85.3 cm³/mol. The SMILES string of the molecule is Cc1ccc(F)c(N2CCNC(Cc3ccccc3)C2)c1. The third-order valence-corrected chi connectivity index (χ3v) is 4.02. The second-order valence-corrected chi connectivity index (χ2v) is 5.74. The Labute approximate surface area is 125 Å². The summed E-state index contributed by atoms with van der Waals surface area (Å²) in [6.07, 6.45) is 0.977. The van der Waals surface area contributed by atoms with Crippen LogP contribution in [0.4, 0.5) is 10.1 Å². The van der Waals surface area contributed by atoms with Gasteiger partial charge in [0.25, 0.3) is 0 Å². The lowest BCUT2D eigenvalue weighted by Gasteiger charge is -2.35. The quantitative estimate of drug-likeness (QED) is 0.931. The van der Waals surface area contributed by atoms with E-state index >= 15 is 0 Å². The van der Waals surface area contributed by atoms with Gasteiger partial charge in [-0.3, -0.25) is 0 Å². The molecule has 1 N–H and O–H groups in total. The lowest BCUT2D eigenvalue weighted by atomic mass is 10.0. The van der Waals surface area contributed by atoms with E-state index < -0.39 is 0 Å². The van der Waals surface area contributed by atoms with Crippen LogP contribution in [-0.4, -0.2) is 25.7 Å². The van der Waals surface area contributed by atoms with Gasteiger partial charge in [-0.25, -0.2) is 4.39 Å². The second kappa shape index (κ2) is 6.27. The summed E-state index contributed by atoms with van der Waals surface area (Å²) < 4.78 is 14.0. The molecule has 21 heavy (non-hydrogen) atoms. The topological polar surface area (TPSA) is 15.3 Å². The zero-order valence-electron chi connectivity index (χ0n) is 12.3. The molecule has 0 spiro atoms. The van der Waals surface area contributed by atoms with Gasteiger partial charge in [0.15, 0.2) is 0 Å². The summed E-state index contributed by atoms with van der Waals surface area (Å²) in [7, 11) is 0. The molecule has 2 aromatic rings. The Balaban J connectivity index is 1.72. The number of rotatable bonds is 3.